The standard InChI is InChI=1S/C20H35N3/c1-5-9-15(3)19(22-18(6-2)17-11-12-17)14-20(21)23-13-8-7-10-16(23)4/h14,16-18,21-22H,3,5-13H2,1-2,4H3/b19-14-,21-20?. The highest BCUT2D eigenvalue weighted by Crippen LogP contribution is 2.35. The van der Waals surface area contributed by atoms with Crippen molar-refractivity contribution < 1.29 is 0 Å². The van der Waals surface area contributed by atoms with E-state index in [1.165, 1.54) is 32.1 Å². The molecule has 0 aromatic carbocycles. The van der Waals surface area contributed by atoms with Gasteiger partial charge >= 0.3 is 0 Å². The number of nitrogens with one attached hydrogen (secondary N) is 2. The number of amidine groups is 1. The molecule has 0 amide bonds. The SMILES string of the molecule is C=C(CCC)/C(=C/C(=N)N1CCCCC1C)NC(CC)C1CC1. The van der Waals surface area contributed by atoms with Gasteiger partial charge < -0.3 is 10.2 Å². The van der Waals surface area contributed by atoms with Gasteiger partial charge in [0.1, 0.15) is 5.84 Å². The van der Waals surface area contributed by atoms with Gasteiger partial charge in [0.15, 0.2) is 0 Å². The third-order valence-electron chi connectivity index (χ3n) is 5.30. The Hall–Kier alpha value is -1.25. The fraction of sp³-hybridized carbons (Fsp3) is 0.750. The van der Waals surface area contributed by atoms with E-state index >= 15 is 0 Å². The average Bonchev–Trinajstić information content (AvgIpc) is 3.36. The summed E-state index contributed by atoms with van der Waals surface area (Å²) in [6, 6.07) is 1.03. The van der Waals surface area contributed by atoms with Crippen LogP contribution in [0.5, 0.6) is 0 Å². The number of piperidine rings is 1. The van der Waals surface area contributed by atoms with E-state index in [9.17, 15) is 0 Å². The second-order valence-corrected chi connectivity index (χ2v) is 7.33. The fourth-order valence-corrected chi connectivity index (χ4v) is 3.61. The Kier molecular flexibility index (Phi) is 6.73. The zero-order valence-corrected chi connectivity index (χ0v) is 15.3. The van der Waals surface area contributed by atoms with Crippen molar-refractivity contribution in [1.29, 1.82) is 5.41 Å². The maximum atomic E-state index is 8.56. The van der Waals surface area contributed by atoms with Crippen LogP contribution in [0.25, 0.3) is 0 Å². The highest BCUT2D eigenvalue weighted by molar-refractivity contribution is 5.91. The van der Waals surface area contributed by atoms with Crippen molar-refractivity contribution in [2.45, 2.75) is 84.2 Å². The zero-order chi connectivity index (χ0) is 16.8. The molecule has 2 rings (SSSR count). The average molecular weight is 318 g/mol. The molecule has 2 N–H and O–H groups in total. The van der Waals surface area contributed by atoms with Crippen molar-refractivity contribution in [2.75, 3.05) is 6.54 Å². The molecule has 2 atom stereocenters. The normalized spacial score (nSPS) is 23.5. The van der Waals surface area contributed by atoms with Crippen LogP contribution < -0.4 is 5.32 Å². The van der Waals surface area contributed by atoms with Gasteiger partial charge in [-0.05, 0) is 63.4 Å². The van der Waals surface area contributed by atoms with E-state index in [0.29, 0.717) is 17.9 Å². The second kappa shape index (κ2) is 8.56. The van der Waals surface area contributed by atoms with Crippen LogP contribution in [0.1, 0.15) is 72.1 Å². The summed E-state index contributed by atoms with van der Waals surface area (Å²) in [5.41, 5.74) is 2.26. The topological polar surface area (TPSA) is 39.1 Å². The lowest BCUT2D eigenvalue weighted by Gasteiger charge is -2.35. The van der Waals surface area contributed by atoms with E-state index in [1.807, 2.05) is 6.08 Å². The molecule has 1 aliphatic heterocycles. The first-order chi connectivity index (χ1) is 11.1. The second-order valence-electron chi connectivity index (χ2n) is 7.33. The van der Waals surface area contributed by atoms with Crippen LogP contribution in [-0.4, -0.2) is 29.4 Å². The molecule has 0 spiro atoms. The van der Waals surface area contributed by atoms with E-state index in [2.05, 4.69) is 37.6 Å². The minimum Gasteiger partial charge on any atom is -0.382 e. The largest absolute Gasteiger partial charge is 0.382 e. The first-order valence-electron chi connectivity index (χ1n) is 9.58. The Morgan fingerprint density at radius 2 is 2.04 bits per heavy atom. The predicted octanol–water partition coefficient (Wildman–Crippen LogP) is 4.86. The summed E-state index contributed by atoms with van der Waals surface area (Å²) in [5.74, 6) is 1.48. The molecule has 130 valence electrons. The minimum absolute atomic E-state index is 0.485. The number of nitrogens with zero attached hydrogens (tertiary/aromatic N) is 1. The van der Waals surface area contributed by atoms with Crippen molar-refractivity contribution in [3.63, 3.8) is 0 Å². The monoisotopic (exact) mass is 317 g/mol. The number of hydrogen-bond acceptors (Lipinski definition) is 2. The molecule has 1 saturated heterocycles. The molecule has 0 bridgehead atoms. The van der Waals surface area contributed by atoms with E-state index in [0.717, 1.165) is 43.0 Å². The molecule has 3 nitrogen and oxygen atoms in total. The van der Waals surface area contributed by atoms with Crippen molar-refractivity contribution in [3.8, 4) is 0 Å². The number of likely N-dealkylation sites (tertiary alicyclic amines) is 1. The quantitative estimate of drug-likeness (QED) is 0.381. The fourth-order valence-electron chi connectivity index (χ4n) is 3.61. The highest BCUT2D eigenvalue weighted by Gasteiger charge is 2.30. The first kappa shape index (κ1) is 18.1. The van der Waals surface area contributed by atoms with Gasteiger partial charge in [-0.2, -0.15) is 0 Å². The van der Waals surface area contributed by atoms with Crippen molar-refractivity contribution in [3.05, 3.63) is 23.9 Å². The van der Waals surface area contributed by atoms with Gasteiger partial charge in [0.2, 0.25) is 0 Å². The third-order valence-corrected chi connectivity index (χ3v) is 5.30. The Bertz CT molecular complexity index is 448. The van der Waals surface area contributed by atoms with Gasteiger partial charge in [-0.3, -0.25) is 5.41 Å². The van der Waals surface area contributed by atoms with Crippen molar-refractivity contribution in [2.24, 2.45) is 5.92 Å². The predicted molar refractivity (Wildman–Crippen MR) is 99.8 cm³/mol. The van der Waals surface area contributed by atoms with Crippen molar-refractivity contribution in [1.82, 2.24) is 10.2 Å². The van der Waals surface area contributed by atoms with Gasteiger partial charge in [-0.1, -0.05) is 26.8 Å². The zero-order valence-electron chi connectivity index (χ0n) is 15.3. The molecule has 0 aromatic rings. The van der Waals surface area contributed by atoms with Gasteiger partial charge in [0.25, 0.3) is 0 Å². The van der Waals surface area contributed by atoms with Crippen molar-refractivity contribution >= 4 is 5.84 Å². The number of rotatable bonds is 8. The molecule has 2 aliphatic rings. The summed E-state index contributed by atoms with van der Waals surface area (Å²) in [7, 11) is 0. The Morgan fingerprint density at radius 3 is 2.61 bits per heavy atom. The summed E-state index contributed by atoms with van der Waals surface area (Å²) in [6.07, 6.45) is 11.7. The van der Waals surface area contributed by atoms with Crippen LogP contribution in [-0.2, 0) is 0 Å². The maximum absolute atomic E-state index is 8.56. The smallest absolute Gasteiger partial charge is 0.122 e. The van der Waals surface area contributed by atoms with Crippen LogP contribution in [0.2, 0.25) is 0 Å². The molecular formula is C20H35N3. The summed E-state index contributed by atoms with van der Waals surface area (Å²) >= 11 is 0. The number of allylic oxidation sites excluding steroid dienone is 1. The van der Waals surface area contributed by atoms with E-state index in [-0.39, 0.29) is 0 Å². The van der Waals surface area contributed by atoms with Gasteiger partial charge in [-0.15, -0.1) is 0 Å². The lowest BCUT2D eigenvalue weighted by atomic mass is 10.0. The summed E-state index contributed by atoms with van der Waals surface area (Å²) in [6.45, 7) is 12.0. The minimum atomic E-state index is 0.485. The lowest BCUT2D eigenvalue weighted by molar-refractivity contribution is 0.258. The van der Waals surface area contributed by atoms with E-state index in [1.54, 1.807) is 0 Å². The van der Waals surface area contributed by atoms with E-state index < -0.39 is 0 Å². The van der Waals surface area contributed by atoms with Gasteiger partial charge in [-0.25, -0.2) is 0 Å². The Labute approximate surface area is 142 Å². The maximum Gasteiger partial charge on any atom is 0.122 e. The summed E-state index contributed by atoms with van der Waals surface area (Å²) in [5, 5.41) is 12.3. The third kappa shape index (κ3) is 5.12. The van der Waals surface area contributed by atoms with Crippen LogP contribution >= 0.6 is 0 Å². The molecule has 0 radical (unpaired) electrons. The number of hydrogen-bond donors (Lipinski definition) is 2. The van der Waals surface area contributed by atoms with Gasteiger partial charge in [0.05, 0.1) is 0 Å². The molecule has 1 saturated carbocycles. The molecule has 23 heavy (non-hydrogen) atoms. The summed E-state index contributed by atoms with van der Waals surface area (Å²) in [4.78, 5) is 2.25. The summed E-state index contributed by atoms with van der Waals surface area (Å²) < 4.78 is 0. The molecule has 3 heteroatoms. The lowest BCUT2D eigenvalue weighted by Crippen LogP contribution is -2.41. The first-order valence-corrected chi connectivity index (χ1v) is 9.58. The van der Waals surface area contributed by atoms with Crippen LogP contribution in [0.3, 0.4) is 0 Å². The molecule has 2 fully saturated rings. The van der Waals surface area contributed by atoms with Crippen LogP contribution in [0.4, 0.5) is 0 Å². The molecule has 1 heterocycles. The van der Waals surface area contributed by atoms with Crippen LogP contribution in [0, 0.1) is 11.3 Å². The van der Waals surface area contributed by atoms with Gasteiger partial charge in [0, 0.05) is 30.4 Å². The molecule has 2 unspecified atom stereocenters. The Balaban J connectivity index is 2.10. The van der Waals surface area contributed by atoms with E-state index in [4.69, 9.17) is 5.41 Å². The molecular weight excluding hydrogens is 282 g/mol. The Morgan fingerprint density at radius 1 is 1.30 bits per heavy atom. The molecule has 0 aromatic heterocycles. The highest BCUT2D eigenvalue weighted by atomic mass is 15.2. The van der Waals surface area contributed by atoms with Crippen LogP contribution in [0.15, 0.2) is 23.9 Å². The molecule has 1 aliphatic carbocycles.